The Morgan fingerprint density at radius 1 is 1.19 bits per heavy atom. The molecule has 2 aromatic carbocycles. The second kappa shape index (κ2) is 7.28. The van der Waals surface area contributed by atoms with Crippen LogP contribution in [0.15, 0.2) is 48.5 Å². The van der Waals surface area contributed by atoms with Crippen molar-refractivity contribution in [3.63, 3.8) is 0 Å². The molecular formula is C16H18N2O3. The minimum absolute atomic E-state index is 0.0729. The summed E-state index contributed by atoms with van der Waals surface area (Å²) in [5, 5.41) is 14.2. The fourth-order valence-electron chi connectivity index (χ4n) is 1.92. The minimum atomic E-state index is -0.393. The zero-order valence-electron chi connectivity index (χ0n) is 11.9. The lowest BCUT2D eigenvalue weighted by molar-refractivity contribution is -0.384. The van der Waals surface area contributed by atoms with Crippen LogP contribution in [0.25, 0.3) is 0 Å². The predicted octanol–water partition coefficient (Wildman–Crippen LogP) is 4.00. The van der Waals surface area contributed by atoms with Gasteiger partial charge in [0.2, 0.25) is 0 Å². The number of nitro benzene ring substituents is 1. The first kappa shape index (κ1) is 14.8. The first-order chi connectivity index (χ1) is 10.2. The van der Waals surface area contributed by atoms with Gasteiger partial charge in [0.05, 0.1) is 4.92 Å². The summed E-state index contributed by atoms with van der Waals surface area (Å²) >= 11 is 0. The van der Waals surface area contributed by atoms with Crippen LogP contribution in [0.4, 0.5) is 11.4 Å². The highest BCUT2D eigenvalue weighted by Gasteiger charge is 2.11. The number of hydrogen-bond donors (Lipinski definition) is 1. The lowest BCUT2D eigenvalue weighted by Crippen LogP contribution is -2.06. The molecule has 0 amide bonds. The molecule has 2 rings (SSSR count). The number of nitro groups is 1. The normalized spacial score (nSPS) is 10.1. The first-order valence-corrected chi connectivity index (χ1v) is 6.89. The minimum Gasteiger partial charge on any atom is -0.489 e. The largest absolute Gasteiger partial charge is 0.489 e. The van der Waals surface area contributed by atoms with Gasteiger partial charge in [0.25, 0.3) is 5.69 Å². The van der Waals surface area contributed by atoms with Gasteiger partial charge in [0.15, 0.2) is 0 Å². The fraction of sp³-hybridized carbons (Fsp3) is 0.250. The quantitative estimate of drug-likeness (QED) is 0.617. The third kappa shape index (κ3) is 4.21. The topological polar surface area (TPSA) is 64.4 Å². The molecule has 0 heterocycles. The molecule has 0 fully saturated rings. The zero-order valence-corrected chi connectivity index (χ0v) is 11.9. The van der Waals surface area contributed by atoms with Crippen molar-refractivity contribution in [2.45, 2.75) is 20.0 Å². The highest BCUT2D eigenvalue weighted by atomic mass is 16.6. The van der Waals surface area contributed by atoms with E-state index in [1.165, 1.54) is 6.07 Å². The molecule has 0 saturated heterocycles. The van der Waals surface area contributed by atoms with Gasteiger partial charge in [-0.25, -0.2) is 0 Å². The number of anilines is 1. The Labute approximate surface area is 123 Å². The molecule has 5 heteroatoms. The molecule has 0 aliphatic carbocycles. The van der Waals surface area contributed by atoms with E-state index in [1.807, 2.05) is 30.3 Å². The van der Waals surface area contributed by atoms with Crippen LogP contribution in [0.1, 0.15) is 18.9 Å². The fourth-order valence-corrected chi connectivity index (χ4v) is 1.92. The molecule has 0 aliphatic rings. The summed E-state index contributed by atoms with van der Waals surface area (Å²) in [5.41, 5.74) is 1.73. The van der Waals surface area contributed by atoms with Gasteiger partial charge in [0.1, 0.15) is 12.4 Å². The van der Waals surface area contributed by atoms with Crippen molar-refractivity contribution < 1.29 is 9.66 Å². The lowest BCUT2D eigenvalue weighted by Gasteiger charge is -2.12. The van der Waals surface area contributed by atoms with E-state index >= 15 is 0 Å². The Morgan fingerprint density at radius 3 is 2.62 bits per heavy atom. The highest BCUT2D eigenvalue weighted by Crippen LogP contribution is 2.24. The molecule has 1 N–H and O–H groups in total. The van der Waals surface area contributed by atoms with Crippen molar-refractivity contribution in [3.8, 4) is 5.75 Å². The van der Waals surface area contributed by atoms with Gasteiger partial charge in [0, 0.05) is 29.9 Å². The van der Waals surface area contributed by atoms with E-state index in [-0.39, 0.29) is 12.3 Å². The van der Waals surface area contributed by atoms with Gasteiger partial charge in [-0.2, -0.15) is 0 Å². The van der Waals surface area contributed by atoms with Crippen LogP contribution < -0.4 is 10.1 Å². The molecule has 0 radical (unpaired) electrons. The summed E-state index contributed by atoms with van der Waals surface area (Å²) in [6, 6.07) is 14.2. The molecule has 0 unspecified atom stereocenters. The molecule has 0 saturated carbocycles. The molecule has 0 atom stereocenters. The van der Waals surface area contributed by atoms with Crippen molar-refractivity contribution in [2.24, 2.45) is 0 Å². The molecule has 2 aromatic rings. The van der Waals surface area contributed by atoms with Crippen LogP contribution in [-0.2, 0) is 6.61 Å². The summed E-state index contributed by atoms with van der Waals surface area (Å²) in [5.74, 6) is 0.741. The Hall–Kier alpha value is -2.56. The molecule has 0 spiro atoms. The SMILES string of the molecule is CCCNc1ccc([N+](=O)[O-])cc1COc1ccccc1. The van der Waals surface area contributed by atoms with Crippen molar-refractivity contribution in [2.75, 3.05) is 11.9 Å². The number of rotatable bonds is 7. The summed E-state index contributed by atoms with van der Waals surface area (Å²) < 4.78 is 5.68. The summed E-state index contributed by atoms with van der Waals surface area (Å²) in [6.45, 7) is 3.17. The molecule has 21 heavy (non-hydrogen) atoms. The Kier molecular flexibility index (Phi) is 5.15. The van der Waals surface area contributed by atoms with Crippen LogP contribution in [0.2, 0.25) is 0 Å². The van der Waals surface area contributed by atoms with E-state index in [0.717, 1.165) is 30.0 Å². The van der Waals surface area contributed by atoms with Crippen molar-refractivity contribution in [1.29, 1.82) is 0 Å². The number of nitrogens with zero attached hydrogens (tertiary/aromatic N) is 1. The number of benzene rings is 2. The Balaban J connectivity index is 2.17. The number of hydrogen-bond acceptors (Lipinski definition) is 4. The zero-order chi connectivity index (χ0) is 15.1. The first-order valence-electron chi connectivity index (χ1n) is 6.89. The summed E-state index contributed by atoms with van der Waals surface area (Å²) in [4.78, 5) is 10.5. The van der Waals surface area contributed by atoms with Crippen LogP contribution in [0.3, 0.4) is 0 Å². The number of para-hydroxylation sites is 1. The van der Waals surface area contributed by atoms with Crippen molar-refractivity contribution >= 4 is 11.4 Å². The average molecular weight is 286 g/mol. The molecule has 0 bridgehead atoms. The van der Waals surface area contributed by atoms with Crippen molar-refractivity contribution in [3.05, 3.63) is 64.2 Å². The smallest absolute Gasteiger partial charge is 0.269 e. The Morgan fingerprint density at radius 2 is 1.95 bits per heavy atom. The van der Waals surface area contributed by atoms with Gasteiger partial charge >= 0.3 is 0 Å². The van der Waals surface area contributed by atoms with Crippen molar-refractivity contribution in [1.82, 2.24) is 0 Å². The number of non-ortho nitro benzene ring substituents is 1. The number of ether oxygens (including phenoxy) is 1. The summed E-state index contributed by atoms with van der Waals surface area (Å²) in [6.07, 6.45) is 0.982. The van der Waals surface area contributed by atoms with Gasteiger partial charge in [-0.05, 0) is 24.6 Å². The van der Waals surface area contributed by atoms with E-state index in [9.17, 15) is 10.1 Å². The van der Waals surface area contributed by atoms with Gasteiger partial charge < -0.3 is 10.1 Å². The molecular weight excluding hydrogens is 268 g/mol. The summed E-state index contributed by atoms with van der Waals surface area (Å²) in [7, 11) is 0. The van der Waals surface area contributed by atoms with Gasteiger partial charge in [-0.15, -0.1) is 0 Å². The Bertz CT molecular complexity index is 600. The maximum absolute atomic E-state index is 10.9. The molecule has 5 nitrogen and oxygen atoms in total. The maximum Gasteiger partial charge on any atom is 0.269 e. The van der Waals surface area contributed by atoms with Crippen LogP contribution in [0.5, 0.6) is 5.75 Å². The highest BCUT2D eigenvalue weighted by molar-refractivity contribution is 5.56. The molecule has 110 valence electrons. The second-order valence-electron chi connectivity index (χ2n) is 4.63. The average Bonchev–Trinajstić information content (AvgIpc) is 2.52. The van der Waals surface area contributed by atoms with E-state index < -0.39 is 4.92 Å². The standard InChI is InChI=1S/C16H18N2O3/c1-2-10-17-16-9-8-14(18(19)20)11-13(16)12-21-15-6-4-3-5-7-15/h3-9,11,17H,2,10,12H2,1H3. The van der Waals surface area contributed by atoms with E-state index in [1.54, 1.807) is 12.1 Å². The van der Waals surface area contributed by atoms with E-state index in [4.69, 9.17) is 4.74 Å². The third-order valence-electron chi connectivity index (χ3n) is 3.00. The van der Waals surface area contributed by atoms with Crippen LogP contribution >= 0.6 is 0 Å². The maximum atomic E-state index is 10.9. The third-order valence-corrected chi connectivity index (χ3v) is 3.00. The number of nitrogens with one attached hydrogen (secondary N) is 1. The molecule has 0 aromatic heterocycles. The van der Waals surface area contributed by atoms with E-state index in [2.05, 4.69) is 12.2 Å². The second-order valence-corrected chi connectivity index (χ2v) is 4.63. The predicted molar refractivity (Wildman–Crippen MR) is 82.7 cm³/mol. The van der Waals surface area contributed by atoms with Crippen LogP contribution in [0, 0.1) is 10.1 Å². The lowest BCUT2D eigenvalue weighted by atomic mass is 10.1. The van der Waals surface area contributed by atoms with Gasteiger partial charge in [-0.1, -0.05) is 25.1 Å². The van der Waals surface area contributed by atoms with Gasteiger partial charge in [-0.3, -0.25) is 10.1 Å². The van der Waals surface area contributed by atoms with Crippen LogP contribution in [-0.4, -0.2) is 11.5 Å². The van der Waals surface area contributed by atoms with E-state index in [0.29, 0.717) is 0 Å². The monoisotopic (exact) mass is 286 g/mol. The molecule has 0 aliphatic heterocycles.